The van der Waals surface area contributed by atoms with Crippen molar-refractivity contribution in [3.63, 3.8) is 0 Å². The Hall–Kier alpha value is -0.790. The lowest BCUT2D eigenvalue weighted by molar-refractivity contribution is -0.116. The van der Waals surface area contributed by atoms with Crippen molar-refractivity contribution >= 4 is 35.1 Å². The van der Waals surface area contributed by atoms with Crippen molar-refractivity contribution in [2.45, 2.75) is 24.6 Å². The third kappa shape index (κ3) is 2.47. The Labute approximate surface area is 105 Å². The van der Waals surface area contributed by atoms with Crippen LogP contribution in [-0.2, 0) is 4.79 Å². The molecule has 16 heavy (non-hydrogen) atoms. The minimum absolute atomic E-state index is 0.0489. The fourth-order valence-electron chi connectivity index (χ4n) is 1.85. The number of carbonyl (C=O) groups is 1. The monoisotopic (exact) mass is 254 g/mol. The second-order valence-electron chi connectivity index (χ2n) is 3.92. The van der Waals surface area contributed by atoms with Crippen LogP contribution >= 0.6 is 23.2 Å². The van der Waals surface area contributed by atoms with Crippen LogP contribution in [0, 0.1) is 0 Å². The van der Waals surface area contributed by atoms with Crippen LogP contribution < -0.4 is 0 Å². The van der Waals surface area contributed by atoms with E-state index in [1.807, 2.05) is 30.3 Å². The maximum atomic E-state index is 11.8. The molecule has 0 spiro atoms. The van der Waals surface area contributed by atoms with E-state index >= 15 is 0 Å². The second kappa shape index (κ2) is 5.03. The highest BCUT2D eigenvalue weighted by molar-refractivity contribution is 6.35. The standard InChI is InChI=1S/C13H12Cl2O/c14-11-6-2-1-4-9(11)8-10-5-3-7-12(15)13(10)16/h1-2,4,6,8,12H,3,5,7H2. The van der Waals surface area contributed by atoms with E-state index in [1.54, 1.807) is 0 Å². The molecule has 0 aliphatic heterocycles. The minimum atomic E-state index is -0.359. The Morgan fingerprint density at radius 1 is 1.31 bits per heavy atom. The van der Waals surface area contributed by atoms with Crippen molar-refractivity contribution in [2.75, 3.05) is 0 Å². The number of halogens is 2. The zero-order valence-corrected chi connectivity index (χ0v) is 10.3. The van der Waals surface area contributed by atoms with Gasteiger partial charge in [0.1, 0.15) is 0 Å². The highest BCUT2D eigenvalue weighted by Gasteiger charge is 2.24. The Kier molecular flexibility index (Phi) is 3.67. The molecule has 0 aromatic heterocycles. The molecule has 1 unspecified atom stereocenters. The number of allylic oxidation sites excluding steroid dienone is 1. The maximum Gasteiger partial charge on any atom is 0.176 e. The van der Waals surface area contributed by atoms with Gasteiger partial charge in [-0.3, -0.25) is 4.79 Å². The normalized spacial score (nSPS) is 23.8. The summed E-state index contributed by atoms with van der Waals surface area (Å²) in [5, 5.41) is 0.307. The Morgan fingerprint density at radius 2 is 2.06 bits per heavy atom. The van der Waals surface area contributed by atoms with Gasteiger partial charge in [-0.05, 0) is 42.5 Å². The first-order chi connectivity index (χ1) is 7.68. The molecule has 1 aliphatic rings. The van der Waals surface area contributed by atoms with Gasteiger partial charge < -0.3 is 0 Å². The zero-order valence-electron chi connectivity index (χ0n) is 8.75. The summed E-state index contributed by atoms with van der Waals surface area (Å²) in [6, 6.07) is 7.50. The van der Waals surface area contributed by atoms with E-state index < -0.39 is 0 Å². The molecule has 1 nitrogen and oxygen atoms in total. The van der Waals surface area contributed by atoms with E-state index in [4.69, 9.17) is 23.2 Å². The van der Waals surface area contributed by atoms with Crippen LogP contribution in [0.25, 0.3) is 6.08 Å². The molecule has 0 bridgehead atoms. The largest absolute Gasteiger partial charge is 0.293 e. The van der Waals surface area contributed by atoms with Crippen molar-refractivity contribution in [3.8, 4) is 0 Å². The van der Waals surface area contributed by atoms with Crippen molar-refractivity contribution in [2.24, 2.45) is 0 Å². The first-order valence-electron chi connectivity index (χ1n) is 5.32. The number of hydrogen-bond donors (Lipinski definition) is 0. The fraction of sp³-hybridized carbons (Fsp3) is 0.308. The first kappa shape index (κ1) is 11.7. The van der Waals surface area contributed by atoms with Gasteiger partial charge in [0, 0.05) is 5.02 Å². The van der Waals surface area contributed by atoms with Gasteiger partial charge in [-0.25, -0.2) is 0 Å². The van der Waals surface area contributed by atoms with E-state index in [9.17, 15) is 4.79 Å². The van der Waals surface area contributed by atoms with Gasteiger partial charge in [0.2, 0.25) is 0 Å². The van der Waals surface area contributed by atoms with Crippen LogP contribution in [0.5, 0.6) is 0 Å². The van der Waals surface area contributed by atoms with Crippen LogP contribution in [0.2, 0.25) is 5.02 Å². The number of ketones is 1. The predicted molar refractivity (Wildman–Crippen MR) is 67.9 cm³/mol. The van der Waals surface area contributed by atoms with Crippen molar-refractivity contribution in [1.29, 1.82) is 0 Å². The molecule has 1 aromatic carbocycles. The molecule has 1 saturated carbocycles. The highest BCUT2D eigenvalue weighted by Crippen LogP contribution is 2.27. The molecule has 0 radical (unpaired) electrons. The second-order valence-corrected chi connectivity index (χ2v) is 4.85. The van der Waals surface area contributed by atoms with E-state index in [0.29, 0.717) is 5.02 Å². The molecule has 1 fully saturated rings. The van der Waals surface area contributed by atoms with Crippen molar-refractivity contribution < 1.29 is 4.79 Å². The SMILES string of the molecule is O=C1C(=Cc2ccccc2Cl)CCCC1Cl. The Morgan fingerprint density at radius 3 is 2.81 bits per heavy atom. The molecule has 3 heteroatoms. The van der Waals surface area contributed by atoms with Gasteiger partial charge in [0.25, 0.3) is 0 Å². The summed E-state index contributed by atoms with van der Waals surface area (Å²) in [7, 11) is 0. The van der Waals surface area contributed by atoms with Crippen molar-refractivity contribution in [3.05, 3.63) is 40.4 Å². The molecular formula is C13H12Cl2O. The van der Waals surface area contributed by atoms with Crippen molar-refractivity contribution in [1.82, 2.24) is 0 Å². The summed E-state index contributed by atoms with van der Waals surface area (Å²) in [6.45, 7) is 0. The summed E-state index contributed by atoms with van der Waals surface area (Å²) in [5.41, 5.74) is 1.68. The van der Waals surface area contributed by atoms with Crippen LogP contribution in [0.3, 0.4) is 0 Å². The Bertz CT molecular complexity index is 437. The molecule has 1 atom stereocenters. The minimum Gasteiger partial charge on any atom is -0.293 e. The lowest BCUT2D eigenvalue weighted by Crippen LogP contribution is -2.21. The first-order valence-corrected chi connectivity index (χ1v) is 6.13. The van der Waals surface area contributed by atoms with Crippen LogP contribution in [0.15, 0.2) is 29.8 Å². The van der Waals surface area contributed by atoms with E-state index in [2.05, 4.69) is 0 Å². The summed E-state index contributed by atoms with van der Waals surface area (Å²) in [6.07, 6.45) is 4.41. The van der Waals surface area contributed by atoms with E-state index in [1.165, 1.54) is 0 Å². The number of benzene rings is 1. The summed E-state index contributed by atoms with van der Waals surface area (Å²) in [5.74, 6) is 0.0489. The quantitative estimate of drug-likeness (QED) is 0.545. The average Bonchev–Trinajstić information content (AvgIpc) is 2.28. The topological polar surface area (TPSA) is 17.1 Å². The number of carbonyl (C=O) groups excluding carboxylic acids is 1. The lowest BCUT2D eigenvalue weighted by atomic mass is 9.91. The number of alkyl halides is 1. The predicted octanol–water partition coefficient (Wildman–Crippen LogP) is 4.08. The molecule has 84 valence electrons. The average molecular weight is 255 g/mol. The number of Topliss-reactive ketones (excluding diaryl/α,β-unsaturated/α-hetero) is 1. The van der Waals surface area contributed by atoms with Gasteiger partial charge in [-0.15, -0.1) is 11.6 Å². The summed E-state index contributed by atoms with van der Waals surface area (Å²) < 4.78 is 0. The molecule has 0 saturated heterocycles. The van der Waals surface area contributed by atoms with E-state index in [0.717, 1.165) is 30.4 Å². The molecule has 0 heterocycles. The number of rotatable bonds is 1. The molecule has 0 amide bonds. The van der Waals surface area contributed by atoms with Gasteiger partial charge in [0.05, 0.1) is 5.38 Å². The molecule has 1 aromatic rings. The molecule has 0 N–H and O–H groups in total. The van der Waals surface area contributed by atoms with E-state index in [-0.39, 0.29) is 11.2 Å². The number of hydrogen-bond acceptors (Lipinski definition) is 1. The molecule has 1 aliphatic carbocycles. The Balaban J connectivity index is 2.30. The van der Waals surface area contributed by atoms with Gasteiger partial charge in [-0.1, -0.05) is 29.8 Å². The lowest BCUT2D eigenvalue weighted by Gasteiger charge is -2.17. The third-order valence-electron chi connectivity index (χ3n) is 2.74. The van der Waals surface area contributed by atoms with Gasteiger partial charge >= 0.3 is 0 Å². The summed E-state index contributed by atoms with van der Waals surface area (Å²) in [4.78, 5) is 11.8. The van der Waals surface area contributed by atoms with Gasteiger partial charge in [0.15, 0.2) is 5.78 Å². The molecular weight excluding hydrogens is 243 g/mol. The zero-order chi connectivity index (χ0) is 11.5. The summed E-state index contributed by atoms with van der Waals surface area (Å²) >= 11 is 12.0. The third-order valence-corrected chi connectivity index (χ3v) is 3.50. The maximum absolute atomic E-state index is 11.8. The smallest absolute Gasteiger partial charge is 0.176 e. The van der Waals surface area contributed by atoms with Crippen LogP contribution in [0.4, 0.5) is 0 Å². The highest BCUT2D eigenvalue weighted by atomic mass is 35.5. The molecule has 2 rings (SSSR count). The van der Waals surface area contributed by atoms with Crippen LogP contribution in [0.1, 0.15) is 24.8 Å². The van der Waals surface area contributed by atoms with Crippen LogP contribution in [-0.4, -0.2) is 11.2 Å². The fourth-order valence-corrected chi connectivity index (χ4v) is 2.34. The van der Waals surface area contributed by atoms with Gasteiger partial charge in [-0.2, -0.15) is 0 Å².